The second kappa shape index (κ2) is 10.7. The normalized spacial score (nSPS) is 15.6. The van der Waals surface area contributed by atoms with Crippen LogP contribution >= 0.6 is 11.3 Å². The molecule has 0 atom stereocenters. The number of hydrogen-bond donors (Lipinski definition) is 0. The molecule has 0 unspecified atom stereocenters. The zero-order chi connectivity index (χ0) is 24.8. The number of fused-ring (bicyclic) bond motifs is 1. The van der Waals surface area contributed by atoms with E-state index < -0.39 is 0 Å². The van der Waals surface area contributed by atoms with Gasteiger partial charge < -0.3 is 4.90 Å². The SMILES string of the molecule is CCCCCCN1/C(=C\C=c2\sc(=C(C#N)C#N)nc2-c2ccccc2)C(C)(C)c2ccccc21. The first-order valence-electron chi connectivity index (χ1n) is 12.2. The summed E-state index contributed by atoms with van der Waals surface area (Å²) >= 11 is 1.39. The summed E-state index contributed by atoms with van der Waals surface area (Å²) in [5.74, 6) is 0. The summed E-state index contributed by atoms with van der Waals surface area (Å²) in [6.45, 7) is 7.79. The predicted molar refractivity (Wildman–Crippen MR) is 145 cm³/mol. The Morgan fingerprint density at radius 2 is 1.69 bits per heavy atom. The Bertz CT molecular complexity index is 1420. The van der Waals surface area contributed by atoms with Crippen LogP contribution in [-0.4, -0.2) is 11.5 Å². The predicted octanol–water partition coefficient (Wildman–Crippen LogP) is 6.05. The topological polar surface area (TPSA) is 63.7 Å². The fourth-order valence-corrected chi connectivity index (χ4v) is 5.64. The van der Waals surface area contributed by atoms with Gasteiger partial charge in [-0.15, -0.1) is 11.3 Å². The lowest BCUT2D eigenvalue weighted by Gasteiger charge is -2.27. The van der Waals surface area contributed by atoms with E-state index >= 15 is 0 Å². The van der Waals surface area contributed by atoms with Crippen LogP contribution in [0.15, 0.2) is 66.4 Å². The van der Waals surface area contributed by atoms with Crippen molar-refractivity contribution in [3.8, 4) is 23.4 Å². The van der Waals surface area contributed by atoms with Crippen molar-refractivity contribution in [2.75, 3.05) is 11.4 Å². The largest absolute Gasteiger partial charge is 0.344 e. The van der Waals surface area contributed by atoms with Gasteiger partial charge in [-0.3, -0.25) is 0 Å². The highest BCUT2D eigenvalue weighted by Crippen LogP contribution is 2.47. The van der Waals surface area contributed by atoms with Gasteiger partial charge in [-0.2, -0.15) is 10.5 Å². The Morgan fingerprint density at radius 3 is 2.40 bits per heavy atom. The molecule has 0 spiro atoms. The van der Waals surface area contributed by atoms with E-state index in [1.54, 1.807) is 0 Å². The highest BCUT2D eigenvalue weighted by Gasteiger charge is 2.39. The number of nitrogens with zero attached hydrogens (tertiary/aromatic N) is 4. The molecule has 4 rings (SSSR count). The lowest BCUT2D eigenvalue weighted by atomic mass is 9.84. The third-order valence-corrected chi connectivity index (χ3v) is 7.60. The Morgan fingerprint density at radius 1 is 0.971 bits per heavy atom. The molecule has 0 N–H and O–H groups in total. The van der Waals surface area contributed by atoms with Crippen molar-refractivity contribution in [3.05, 3.63) is 81.1 Å². The van der Waals surface area contributed by atoms with E-state index in [4.69, 9.17) is 4.98 Å². The highest BCUT2D eigenvalue weighted by molar-refractivity contribution is 7.08. The number of allylic oxidation sites excluding steroid dienone is 2. The van der Waals surface area contributed by atoms with Gasteiger partial charge in [0.1, 0.15) is 16.8 Å². The number of para-hydroxylation sites is 1. The molecule has 0 saturated carbocycles. The molecule has 0 saturated heterocycles. The number of benzene rings is 2. The minimum atomic E-state index is -0.130. The minimum absolute atomic E-state index is 0.0469. The summed E-state index contributed by atoms with van der Waals surface area (Å²) in [7, 11) is 0. The Hall–Kier alpha value is -3.67. The molecule has 1 aliphatic heterocycles. The van der Waals surface area contributed by atoms with Crippen molar-refractivity contribution in [2.45, 2.75) is 51.9 Å². The molecule has 4 nitrogen and oxygen atoms in total. The van der Waals surface area contributed by atoms with Crippen LogP contribution in [0, 0.1) is 22.7 Å². The third-order valence-electron chi connectivity index (χ3n) is 6.57. The van der Waals surface area contributed by atoms with Crippen LogP contribution < -0.4 is 14.1 Å². The second-order valence-corrected chi connectivity index (χ2v) is 10.3. The van der Waals surface area contributed by atoms with Crippen LogP contribution in [0.1, 0.15) is 52.0 Å². The standard InChI is InChI=1S/C30H30N4S/c1-4-5-6-12-19-34-25-16-11-10-15-24(25)30(2,3)27(34)18-17-26-28(22-13-8-7-9-14-22)33-29(35-26)23(20-31)21-32/h7-11,13-18H,4-6,12,19H2,1-3H3/b26-17+,27-18-. The molecule has 5 heteroatoms. The van der Waals surface area contributed by atoms with Crippen LogP contribution in [-0.2, 0) is 5.41 Å². The molecular weight excluding hydrogens is 448 g/mol. The van der Waals surface area contributed by atoms with Crippen LogP contribution in [0.5, 0.6) is 0 Å². The molecule has 35 heavy (non-hydrogen) atoms. The van der Waals surface area contributed by atoms with E-state index in [0.717, 1.165) is 28.8 Å². The van der Waals surface area contributed by atoms with Gasteiger partial charge in [0.25, 0.3) is 0 Å². The van der Waals surface area contributed by atoms with Gasteiger partial charge in [-0.25, -0.2) is 4.98 Å². The van der Waals surface area contributed by atoms with Gasteiger partial charge in [0.15, 0.2) is 5.57 Å². The van der Waals surface area contributed by atoms with Crippen LogP contribution in [0.4, 0.5) is 5.69 Å². The summed E-state index contributed by atoms with van der Waals surface area (Å²) in [5.41, 5.74) is 5.57. The zero-order valence-electron chi connectivity index (χ0n) is 20.6. The van der Waals surface area contributed by atoms with Gasteiger partial charge in [-0.05, 0) is 30.2 Å². The summed E-state index contributed by atoms with van der Waals surface area (Å²) < 4.78 is 1.41. The van der Waals surface area contributed by atoms with Crippen molar-refractivity contribution < 1.29 is 0 Å². The molecule has 0 amide bonds. The first-order chi connectivity index (χ1) is 17.0. The molecule has 0 fully saturated rings. The van der Waals surface area contributed by atoms with Gasteiger partial charge in [-0.1, -0.05) is 88.6 Å². The molecule has 176 valence electrons. The molecule has 1 aliphatic rings. The fraction of sp³-hybridized carbons (Fsp3) is 0.300. The quantitative estimate of drug-likeness (QED) is 0.388. The van der Waals surface area contributed by atoms with Crippen molar-refractivity contribution in [1.29, 1.82) is 10.5 Å². The Balaban J connectivity index is 1.86. The molecule has 2 heterocycles. The lowest BCUT2D eigenvalue weighted by Crippen LogP contribution is -2.27. The first-order valence-corrected chi connectivity index (χ1v) is 13.0. The van der Waals surface area contributed by atoms with Crippen molar-refractivity contribution in [1.82, 2.24) is 4.98 Å². The van der Waals surface area contributed by atoms with E-state index in [0.29, 0.717) is 4.66 Å². The van der Waals surface area contributed by atoms with Crippen LogP contribution in [0.3, 0.4) is 0 Å². The summed E-state index contributed by atoms with van der Waals surface area (Å²) in [4.78, 5) is 7.16. The minimum Gasteiger partial charge on any atom is -0.344 e. The second-order valence-electron chi connectivity index (χ2n) is 9.27. The van der Waals surface area contributed by atoms with Gasteiger partial charge in [0, 0.05) is 28.9 Å². The van der Waals surface area contributed by atoms with Crippen molar-refractivity contribution >= 4 is 28.7 Å². The monoisotopic (exact) mass is 478 g/mol. The van der Waals surface area contributed by atoms with E-state index in [2.05, 4.69) is 62.1 Å². The van der Waals surface area contributed by atoms with Gasteiger partial charge in [0.2, 0.25) is 0 Å². The van der Waals surface area contributed by atoms with E-state index in [-0.39, 0.29) is 11.0 Å². The Kier molecular flexibility index (Phi) is 7.49. The lowest BCUT2D eigenvalue weighted by molar-refractivity contribution is 0.612. The fourth-order valence-electron chi connectivity index (χ4n) is 4.71. The van der Waals surface area contributed by atoms with Crippen LogP contribution in [0.2, 0.25) is 0 Å². The van der Waals surface area contributed by atoms with Crippen LogP contribution in [0.25, 0.3) is 22.9 Å². The number of nitriles is 2. The number of anilines is 1. The summed E-state index contributed by atoms with van der Waals surface area (Å²) in [6, 6.07) is 22.6. The molecule has 0 bridgehead atoms. The molecule has 3 aromatic rings. The maximum absolute atomic E-state index is 9.41. The molecule has 2 aromatic carbocycles. The van der Waals surface area contributed by atoms with E-state index in [9.17, 15) is 10.5 Å². The van der Waals surface area contributed by atoms with Gasteiger partial charge >= 0.3 is 0 Å². The van der Waals surface area contributed by atoms with Crippen molar-refractivity contribution in [2.24, 2.45) is 0 Å². The smallest absolute Gasteiger partial charge is 0.165 e. The average Bonchev–Trinajstić information content (AvgIpc) is 3.39. The highest BCUT2D eigenvalue weighted by atomic mass is 32.1. The summed E-state index contributed by atoms with van der Waals surface area (Å²) in [6.07, 6.45) is 9.17. The average molecular weight is 479 g/mol. The third kappa shape index (κ3) is 4.92. The number of thiazole rings is 1. The molecule has 1 aromatic heterocycles. The maximum Gasteiger partial charge on any atom is 0.165 e. The first kappa shape index (κ1) is 24.5. The Labute approximate surface area is 211 Å². The maximum atomic E-state index is 9.41. The zero-order valence-corrected chi connectivity index (χ0v) is 21.4. The molecular formula is C30H30N4S. The molecule has 0 radical (unpaired) electrons. The molecule has 0 aliphatic carbocycles. The van der Waals surface area contributed by atoms with E-state index in [1.165, 1.54) is 47.5 Å². The number of hydrogen-bond acceptors (Lipinski definition) is 5. The van der Waals surface area contributed by atoms with Crippen molar-refractivity contribution in [3.63, 3.8) is 0 Å². The number of aromatic nitrogens is 1. The summed E-state index contributed by atoms with van der Waals surface area (Å²) in [5, 5.41) is 18.8. The van der Waals surface area contributed by atoms with Gasteiger partial charge in [0.05, 0.1) is 10.2 Å². The number of rotatable bonds is 7. The number of unbranched alkanes of at least 4 members (excludes halogenated alkanes) is 3. The van der Waals surface area contributed by atoms with E-state index in [1.807, 2.05) is 42.5 Å².